The van der Waals surface area contributed by atoms with Crippen LogP contribution in [0.4, 0.5) is 0 Å². The van der Waals surface area contributed by atoms with E-state index >= 15 is 0 Å². The summed E-state index contributed by atoms with van der Waals surface area (Å²) in [5, 5.41) is 16.5. The van der Waals surface area contributed by atoms with Crippen LogP contribution in [0.1, 0.15) is 67.7 Å². The molecule has 0 radical (unpaired) electrons. The summed E-state index contributed by atoms with van der Waals surface area (Å²) in [7, 11) is 3.91. The molecule has 2 unspecified atom stereocenters. The standard InChI is InChI=1S/C10H21NO2.C7H14O3.C5H10O2/c1-6-10(2,3)9(12)13-8-7-11(4)5;1-3-6(2)7(9)10-5-4-8;1-3-4(2)5(6)7/h6-8H2,1-5H3;6,8H,3-5H2,1-2H3;4H,3H2,1-2H3,(H,6,7). The second-order valence-electron chi connectivity index (χ2n) is 8.02. The lowest BCUT2D eigenvalue weighted by atomic mass is 9.91. The molecule has 2 atom stereocenters. The first-order valence-electron chi connectivity index (χ1n) is 10.6. The molecule has 0 heterocycles. The number of ether oxygens (including phenoxy) is 2. The summed E-state index contributed by atoms with van der Waals surface area (Å²) in [6.45, 7) is 14.4. The van der Waals surface area contributed by atoms with Crippen LogP contribution in [0, 0.1) is 17.3 Å². The molecule has 0 aromatic heterocycles. The number of carbonyl (C=O) groups is 3. The molecule has 0 aromatic carbocycles. The first-order valence-corrected chi connectivity index (χ1v) is 10.6. The number of hydrogen-bond donors (Lipinski definition) is 2. The van der Waals surface area contributed by atoms with Crippen LogP contribution in [0.5, 0.6) is 0 Å². The molecule has 0 rings (SSSR count). The summed E-state index contributed by atoms with van der Waals surface area (Å²) in [5.74, 6) is -1.26. The van der Waals surface area contributed by atoms with E-state index in [1.54, 1.807) is 13.8 Å². The van der Waals surface area contributed by atoms with E-state index in [9.17, 15) is 14.4 Å². The van der Waals surface area contributed by atoms with Gasteiger partial charge in [0.15, 0.2) is 0 Å². The maximum atomic E-state index is 11.4. The van der Waals surface area contributed by atoms with E-state index < -0.39 is 5.97 Å². The third kappa shape index (κ3) is 19.6. The minimum Gasteiger partial charge on any atom is -0.481 e. The van der Waals surface area contributed by atoms with Gasteiger partial charge in [-0.15, -0.1) is 0 Å². The highest BCUT2D eigenvalue weighted by molar-refractivity contribution is 5.75. The van der Waals surface area contributed by atoms with Crippen molar-refractivity contribution in [2.75, 3.05) is 40.5 Å². The zero-order valence-corrected chi connectivity index (χ0v) is 20.5. The highest BCUT2D eigenvalue weighted by Gasteiger charge is 2.26. The number of aliphatic hydroxyl groups excluding tert-OH is 1. The third-order valence-corrected chi connectivity index (χ3v) is 4.59. The minimum absolute atomic E-state index is 0.0495. The molecule has 0 saturated carbocycles. The lowest BCUT2D eigenvalue weighted by Crippen LogP contribution is -2.28. The van der Waals surface area contributed by atoms with Gasteiger partial charge in [-0.05, 0) is 47.2 Å². The highest BCUT2D eigenvalue weighted by Crippen LogP contribution is 2.21. The number of hydrogen-bond acceptors (Lipinski definition) is 7. The predicted molar refractivity (Wildman–Crippen MR) is 118 cm³/mol. The molecule has 0 aliphatic carbocycles. The number of carboxylic acid groups (broad SMARTS) is 1. The number of nitrogens with zero attached hydrogens (tertiary/aromatic N) is 1. The fraction of sp³-hybridized carbons (Fsp3) is 0.864. The molecular formula is C22H45NO7. The molecule has 0 saturated heterocycles. The van der Waals surface area contributed by atoms with Gasteiger partial charge in [-0.2, -0.15) is 0 Å². The molecule has 0 aliphatic rings. The third-order valence-electron chi connectivity index (χ3n) is 4.59. The molecule has 180 valence electrons. The Kier molecular flexibility index (Phi) is 21.2. The topological polar surface area (TPSA) is 113 Å². The summed E-state index contributed by atoms with van der Waals surface area (Å²) < 4.78 is 9.78. The fourth-order valence-electron chi connectivity index (χ4n) is 1.29. The average molecular weight is 436 g/mol. The van der Waals surface area contributed by atoms with Gasteiger partial charge in [0.25, 0.3) is 0 Å². The summed E-state index contributed by atoms with van der Waals surface area (Å²) in [4.78, 5) is 34.2. The second kappa shape index (κ2) is 19.3. The van der Waals surface area contributed by atoms with Gasteiger partial charge in [-0.25, -0.2) is 0 Å². The zero-order valence-electron chi connectivity index (χ0n) is 20.5. The van der Waals surface area contributed by atoms with Crippen molar-refractivity contribution in [3.63, 3.8) is 0 Å². The monoisotopic (exact) mass is 435 g/mol. The largest absolute Gasteiger partial charge is 0.481 e. The number of likely N-dealkylation sites (N-methyl/N-ethyl adjacent to an activating group) is 1. The quantitative estimate of drug-likeness (QED) is 0.476. The zero-order chi connectivity index (χ0) is 24.3. The molecule has 0 fully saturated rings. The van der Waals surface area contributed by atoms with Gasteiger partial charge >= 0.3 is 17.9 Å². The number of carbonyl (C=O) groups excluding carboxylic acids is 2. The van der Waals surface area contributed by atoms with Gasteiger partial charge < -0.3 is 24.6 Å². The van der Waals surface area contributed by atoms with Gasteiger partial charge in [0.1, 0.15) is 13.2 Å². The van der Waals surface area contributed by atoms with Gasteiger partial charge in [0.2, 0.25) is 0 Å². The number of esters is 2. The average Bonchev–Trinajstić information content (AvgIpc) is 2.70. The van der Waals surface area contributed by atoms with Gasteiger partial charge in [-0.3, -0.25) is 14.4 Å². The van der Waals surface area contributed by atoms with Crippen molar-refractivity contribution in [2.24, 2.45) is 17.3 Å². The summed E-state index contributed by atoms with van der Waals surface area (Å²) >= 11 is 0. The summed E-state index contributed by atoms with van der Waals surface area (Å²) in [6, 6.07) is 0. The molecule has 0 amide bonds. The maximum Gasteiger partial charge on any atom is 0.311 e. The van der Waals surface area contributed by atoms with E-state index in [1.165, 1.54) is 0 Å². The normalized spacial score (nSPS) is 12.5. The van der Waals surface area contributed by atoms with Crippen LogP contribution in [0.2, 0.25) is 0 Å². The Balaban J connectivity index is -0.000000383. The molecule has 0 spiro atoms. The van der Waals surface area contributed by atoms with E-state index in [4.69, 9.17) is 14.9 Å². The first kappa shape index (κ1) is 33.0. The SMILES string of the molecule is CCC(C)(C)C(=O)OCCN(C)C.CCC(C)C(=O)O.CCC(C)C(=O)OCCO. The van der Waals surface area contributed by atoms with Crippen molar-refractivity contribution < 1.29 is 34.1 Å². The highest BCUT2D eigenvalue weighted by atomic mass is 16.5. The summed E-state index contributed by atoms with van der Waals surface area (Å²) in [6.07, 6.45) is 2.31. The minimum atomic E-state index is -0.706. The van der Waals surface area contributed by atoms with Crippen LogP contribution in [0.3, 0.4) is 0 Å². The number of aliphatic hydroxyl groups is 1. The Morgan fingerprint density at radius 1 is 0.933 bits per heavy atom. The van der Waals surface area contributed by atoms with E-state index in [0.29, 0.717) is 6.61 Å². The van der Waals surface area contributed by atoms with Crippen molar-refractivity contribution in [3.05, 3.63) is 0 Å². The van der Waals surface area contributed by atoms with E-state index in [-0.39, 0.29) is 42.4 Å². The lowest BCUT2D eigenvalue weighted by molar-refractivity contribution is -0.154. The predicted octanol–water partition coefficient (Wildman–Crippen LogP) is 3.21. The molecule has 8 heteroatoms. The molecule has 0 bridgehead atoms. The van der Waals surface area contributed by atoms with E-state index in [2.05, 4.69) is 4.74 Å². The Bertz CT molecular complexity index is 464. The van der Waals surface area contributed by atoms with Crippen molar-refractivity contribution in [3.8, 4) is 0 Å². The second-order valence-corrected chi connectivity index (χ2v) is 8.02. The number of aliphatic carboxylic acids is 1. The Hall–Kier alpha value is -1.67. The fourth-order valence-corrected chi connectivity index (χ4v) is 1.29. The Morgan fingerprint density at radius 3 is 1.73 bits per heavy atom. The van der Waals surface area contributed by atoms with Crippen molar-refractivity contribution in [1.82, 2.24) is 4.90 Å². The molecule has 0 aliphatic heterocycles. The molecule has 8 nitrogen and oxygen atoms in total. The molecule has 30 heavy (non-hydrogen) atoms. The van der Waals surface area contributed by atoms with E-state index in [0.717, 1.165) is 25.8 Å². The lowest BCUT2D eigenvalue weighted by Gasteiger charge is -2.20. The summed E-state index contributed by atoms with van der Waals surface area (Å²) in [5.41, 5.74) is -0.341. The van der Waals surface area contributed by atoms with Crippen molar-refractivity contribution in [1.29, 1.82) is 0 Å². The molecular weight excluding hydrogens is 390 g/mol. The van der Waals surface area contributed by atoms with Crippen LogP contribution in [0.15, 0.2) is 0 Å². The van der Waals surface area contributed by atoms with Gasteiger partial charge in [-0.1, -0.05) is 34.6 Å². The smallest absolute Gasteiger partial charge is 0.311 e. The number of rotatable bonds is 11. The Morgan fingerprint density at radius 2 is 1.43 bits per heavy atom. The first-order chi connectivity index (χ1) is 13.8. The van der Waals surface area contributed by atoms with Gasteiger partial charge in [0, 0.05) is 6.54 Å². The van der Waals surface area contributed by atoms with E-state index in [1.807, 2.05) is 53.6 Å². The van der Waals surface area contributed by atoms with Crippen LogP contribution in [-0.4, -0.2) is 73.5 Å². The van der Waals surface area contributed by atoms with Crippen molar-refractivity contribution in [2.45, 2.75) is 67.7 Å². The molecule has 2 N–H and O–H groups in total. The van der Waals surface area contributed by atoms with Crippen LogP contribution in [0.25, 0.3) is 0 Å². The molecule has 0 aromatic rings. The van der Waals surface area contributed by atoms with Gasteiger partial charge in [0.05, 0.1) is 23.9 Å². The van der Waals surface area contributed by atoms with Crippen LogP contribution < -0.4 is 0 Å². The van der Waals surface area contributed by atoms with Crippen LogP contribution in [-0.2, 0) is 23.9 Å². The van der Waals surface area contributed by atoms with Crippen LogP contribution >= 0.6 is 0 Å². The Labute approximate surface area is 182 Å². The maximum absolute atomic E-state index is 11.4. The van der Waals surface area contributed by atoms with Crippen molar-refractivity contribution >= 4 is 17.9 Å². The number of carboxylic acids is 1.